The molecule has 2 aromatic carbocycles. The van der Waals surface area contributed by atoms with Crippen LogP contribution in [0.5, 0.6) is 0 Å². The Morgan fingerprint density at radius 3 is 1.94 bits per heavy atom. The third kappa shape index (κ3) is 7.01. The second-order valence-electron chi connectivity index (χ2n) is 7.45. The smallest absolute Gasteiger partial charge is 0.304 e. The van der Waals surface area contributed by atoms with Crippen molar-refractivity contribution in [3.63, 3.8) is 0 Å². The minimum absolute atomic E-state index is 0.0254. The zero-order valence-corrected chi connectivity index (χ0v) is 21.0. The van der Waals surface area contributed by atoms with E-state index in [4.69, 9.17) is 21.1 Å². The lowest BCUT2D eigenvalue weighted by Gasteiger charge is -2.35. The quantitative estimate of drug-likeness (QED) is 0.292. The SMILES string of the molecule is CC(=O)Nc1cc(N(C(C)OC(C)=O)C(C)OC(C)=O)ccc1N=Nc1ccc(Cl)c(C#N)c1C#N. The topological polar surface area (TPSA) is 157 Å². The van der Waals surface area contributed by atoms with Crippen molar-refractivity contribution in [2.75, 3.05) is 10.2 Å². The zero-order valence-electron chi connectivity index (χ0n) is 20.2. The van der Waals surface area contributed by atoms with Gasteiger partial charge in [0.25, 0.3) is 0 Å². The van der Waals surface area contributed by atoms with Crippen LogP contribution in [0.15, 0.2) is 40.6 Å². The van der Waals surface area contributed by atoms with Gasteiger partial charge in [0, 0.05) is 26.5 Å². The molecule has 0 aromatic heterocycles. The minimum Gasteiger partial charge on any atom is -0.442 e. The van der Waals surface area contributed by atoms with E-state index >= 15 is 0 Å². The van der Waals surface area contributed by atoms with Crippen molar-refractivity contribution in [1.29, 1.82) is 10.5 Å². The number of esters is 2. The number of rotatable bonds is 8. The Hall–Kier alpha value is -4.48. The molecule has 2 atom stereocenters. The molecule has 2 unspecified atom stereocenters. The van der Waals surface area contributed by atoms with Crippen LogP contribution in [-0.4, -0.2) is 30.3 Å². The van der Waals surface area contributed by atoms with Crippen LogP contribution >= 0.6 is 11.6 Å². The average Bonchev–Trinajstić information content (AvgIpc) is 2.77. The molecule has 0 spiro atoms. The number of nitriles is 2. The third-order valence-electron chi connectivity index (χ3n) is 4.67. The molecule has 0 aliphatic rings. The Morgan fingerprint density at radius 1 is 0.917 bits per heavy atom. The summed E-state index contributed by atoms with van der Waals surface area (Å²) in [5.41, 5.74) is 0.963. The predicted octanol–water partition coefficient (Wildman–Crippen LogP) is 5.08. The Balaban J connectivity index is 2.58. The molecule has 12 heteroatoms. The van der Waals surface area contributed by atoms with Gasteiger partial charge in [0.15, 0.2) is 12.5 Å². The number of nitrogens with zero attached hydrogens (tertiary/aromatic N) is 5. The van der Waals surface area contributed by atoms with E-state index in [0.29, 0.717) is 5.69 Å². The zero-order chi connectivity index (χ0) is 27.0. The van der Waals surface area contributed by atoms with Gasteiger partial charge in [-0.2, -0.15) is 10.5 Å². The highest BCUT2D eigenvalue weighted by atomic mass is 35.5. The lowest BCUT2D eigenvalue weighted by Crippen LogP contribution is -2.44. The molecule has 1 N–H and O–H groups in total. The van der Waals surface area contributed by atoms with Crippen molar-refractivity contribution in [1.82, 2.24) is 0 Å². The second-order valence-corrected chi connectivity index (χ2v) is 7.85. The largest absolute Gasteiger partial charge is 0.442 e. The Morgan fingerprint density at radius 2 is 1.44 bits per heavy atom. The summed E-state index contributed by atoms with van der Waals surface area (Å²) < 4.78 is 10.6. The highest BCUT2D eigenvalue weighted by molar-refractivity contribution is 6.32. The molecule has 0 heterocycles. The number of hydrogen-bond donors (Lipinski definition) is 1. The van der Waals surface area contributed by atoms with Crippen LogP contribution in [0.3, 0.4) is 0 Å². The summed E-state index contributed by atoms with van der Waals surface area (Å²) in [7, 11) is 0. The molecule has 2 aromatic rings. The number of hydrogen-bond acceptors (Lipinski definition) is 10. The molecular formula is C24H23ClN6O5. The number of carbonyl (C=O) groups is 3. The maximum absolute atomic E-state index is 11.9. The van der Waals surface area contributed by atoms with E-state index in [-0.39, 0.29) is 33.2 Å². The van der Waals surface area contributed by atoms with Gasteiger partial charge in [0.2, 0.25) is 5.91 Å². The normalized spacial score (nSPS) is 12.1. The maximum Gasteiger partial charge on any atom is 0.304 e. The van der Waals surface area contributed by atoms with E-state index in [1.807, 2.05) is 12.1 Å². The highest BCUT2D eigenvalue weighted by Crippen LogP contribution is 2.35. The number of benzene rings is 2. The second kappa shape index (κ2) is 12.3. The van der Waals surface area contributed by atoms with Crippen LogP contribution in [-0.2, 0) is 23.9 Å². The van der Waals surface area contributed by atoms with Crippen molar-refractivity contribution >= 4 is 52.2 Å². The van der Waals surface area contributed by atoms with Crippen LogP contribution in [0.25, 0.3) is 0 Å². The van der Waals surface area contributed by atoms with E-state index in [0.717, 1.165) is 0 Å². The Bertz CT molecular complexity index is 1280. The lowest BCUT2D eigenvalue weighted by atomic mass is 10.1. The van der Waals surface area contributed by atoms with E-state index in [9.17, 15) is 24.9 Å². The Kier molecular flexibility index (Phi) is 9.48. The Labute approximate surface area is 212 Å². The van der Waals surface area contributed by atoms with Crippen LogP contribution in [0.4, 0.5) is 22.7 Å². The summed E-state index contributed by atoms with van der Waals surface area (Å²) in [5.74, 6) is -1.47. The fourth-order valence-electron chi connectivity index (χ4n) is 3.35. The van der Waals surface area contributed by atoms with Crippen LogP contribution < -0.4 is 10.2 Å². The van der Waals surface area contributed by atoms with Crippen LogP contribution in [0, 0.1) is 22.7 Å². The van der Waals surface area contributed by atoms with Crippen molar-refractivity contribution < 1.29 is 23.9 Å². The number of anilines is 2. The summed E-state index contributed by atoms with van der Waals surface area (Å²) >= 11 is 5.98. The number of carbonyl (C=O) groups excluding carboxylic acids is 3. The van der Waals surface area contributed by atoms with Gasteiger partial charge in [-0.05, 0) is 44.2 Å². The van der Waals surface area contributed by atoms with E-state index in [1.54, 1.807) is 26.0 Å². The molecule has 2 rings (SSSR count). The molecule has 186 valence electrons. The van der Waals surface area contributed by atoms with Gasteiger partial charge in [0.1, 0.15) is 23.5 Å². The van der Waals surface area contributed by atoms with E-state index in [2.05, 4.69) is 15.5 Å². The summed E-state index contributed by atoms with van der Waals surface area (Å²) in [6, 6.07) is 11.3. The molecule has 0 radical (unpaired) electrons. The molecule has 0 saturated carbocycles. The number of amides is 1. The minimum atomic E-state index is -0.828. The van der Waals surface area contributed by atoms with Gasteiger partial charge in [-0.15, -0.1) is 10.2 Å². The van der Waals surface area contributed by atoms with Crippen LogP contribution in [0.2, 0.25) is 5.02 Å². The van der Waals surface area contributed by atoms with Gasteiger partial charge in [-0.3, -0.25) is 14.4 Å². The van der Waals surface area contributed by atoms with Crippen LogP contribution in [0.1, 0.15) is 45.7 Å². The molecule has 0 bridgehead atoms. The van der Waals surface area contributed by atoms with Gasteiger partial charge in [-0.25, -0.2) is 0 Å². The van der Waals surface area contributed by atoms with Gasteiger partial charge in [-0.1, -0.05) is 11.6 Å². The van der Waals surface area contributed by atoms with Gasteiger partial charge in [0.05, 0.1) is 21.8 Å². The first kappa shape index (κ1) is 27.8. The summed E-state index contributed by atoms with van der Waals surface area (Å²) in [6.45, 7) is 7.01. The lowest BCUT2D eigenvalue weighted by molar-refractivity contribution is -0.150. The number of nitrogens with one attached hydrogen (secondary N) is 1. The molecule has 11 nitrogen and oxygen atoms in total. The van der Waals surface area contributed by atoms with Crippen molar-refractivity contribution in [3.8, 4) is 12.1 Å². The molecule has 36 heavy (non-hydrogen) atoms. The summed E-state index contributed by atoms with van der Waals surface area (Å²) in [4.78, 5) is 36.5. The monoisotopic (exact) mass is 510 g/mol. The fourth-order valence-corrected chi connectivity index (χ4v) is 3.55. The molecule has 0 aliphatic carbocycles. The molecular weight excluding hydrogens is 488 g/mol. The average molecular weight is 511 g/mol. The van der Waals surface area contributed by atoms with E-state index < -0.39 is 30.3 Å². The standard InChI is InChI=1S/C24H23ClN6O5/c1-13(32)28-24-10-18(31(14(2)35-16(4)33)15(3)36-17(5)34)6-8-23(24)30-29-22-9-7-21(25)19(11-26)20(22)12-27/h6-10,14-15H,1-5H3,(H,28,32). The molecule has 0 aliphatic heterocycles. The van der Waals surface area contributed by atoms with Gasteiger partial charge >= 0.3 is 11.9 Å². The van der Waals surface area contributed by atoms with Gasteiger partial charge < -0.3 is 19.7 Å². The third-order valence-corrected chi connectivity index (χ3v) is 4.98. The number of halogens is 1. The first-order chi connectivity index (χ1) is 17.0. The molecule has 1 amide bonds. The molecule has 0 saturated heterocycles. The predicted molar refractivity (Wildman–Crippen MR) is 131 cm³/mol. The highest BCUT2D eigenvalue weighted by Gasteiger charge is 2.26. The molecule has 0 fully saturated rings. The first-order valence-electron chi connectivity index (χ1n) is 10.6. The summed E-state index contributed by atoms with van der Waals surface area (Å²) in [5, 5.41) is 29.7. The van der Waals surface area contributed by atoms with E-state index in [1.165, 1.54) is 43.9 Å². The fraction of sp³-hybridized carbons (Fsp3) is 0.292. The number of azo groups is 1. The first-order valence-corrected chi connectivity index (χ1v) is 10.9. The van der Waals surface area contributed by atoms with Crippen molar-refractivity contribution in [2.45, 2.75) is 47.1 Å². The summed E-state index contributed by atoms with van der Waals surface area (Å²) in [6.07, 6.45) is -1.66. The number of ether oxygens (including phenoxy) is 2. The van der Waals surface area contributed by atoms with Crippen molar-refractivity contribution in [3.05, 3.63) is 46.5 Å². The maximum atomic E-state index is 11.9. The van der Waals surface area contributed by atoms with Crippen molar-refractivity contribution in [2.24, 2.45) is 10.2 Å².